The van der Waals surface area contributed by atoms with Crippen LogP contribution in [0.4, 0.5) is 13.2 Å². The van der Waals surface area contributed by atoms with E-state index in [-0.39, 0.29) is 11.2 Å². The van der Waals surface area contributed by atoms with Gasteiger partial charge in [0.1, 0.15) is 11.5 Å². The Balaban J connectivity index is 2.93. The molecule has 0 unspecified atom stereocenters. The molecule has 18 heavy (non-hydrogen) atoms. The number of benzene rings is 1. The summed E-state index contributed by atoms with van der Waals surface area (Å²) in [5.41, 5.74) is 0.776. The molecule has 0 saturated carbocycles. The lowest BCUT2D eigenvalue weighted by atomic mass is 9.86. The van der Waals surface area contributed by atoms with Gasteiger partial charge in [0.05, 0.1) is 7.11 Å². The fraction of sp³-hybridized carbons (Fsp3) is 0.538. The van der Waals surface area contributed by atoms with Crippen molar-refractivity contribution < 1.29 is 22.6 Å². The lowest BCUT2D eigenvalue weighted by Gasteiger charge is -2.22. The molecule has 0 aliphatic rings. The number of alkyl halides is 3. The van der Waals surface area contributed by atoms with Crippen LogP contribution in [0.15, 0.2) is 18.2 Å². The van der Waals surface area contributed by atoms with Gasteiger partial charge in [-0.3, -0.25) is 0 Å². The average molecular weight is 262 g/mol. The number of ether oxygens (including phenoxy) is 2. The molecule has 0 saturated heterocycles. The second-order valence-corrected chi connectivity index (χ2v) is 5.02. The number of hydrogen-bond donors (Lipinski definition) is 0. The molecule has 0 fully saturated rings. The van der Waals surface area contributed by atoms with Crippen molar-refractivity contribution in [2.24, 2.45) is 0 Å². The predicted octanol–water partition coefficient (Wildman–Crippen LogP) is 3.93. The van der Waals surface area contributed by atoms with Crippen LogP contribution >= 0.6 is 0 Å². The summed E-state index contributed by atoms with van der Waals surface area (Å²) in [6.45, 7) is 4.70. The van der Waals surface area contributed by atoms with Gasteiger partial charge < -0.3 is 9.47 Å². The number of methoxy groups -OCH3 is 1. The molecule has 0 amide bonds. The highest BCUT2D eigenvalue weighted by Gasteiger charge is 2.28. The highest BCUT2D eigenvalue weighted by molar-refractivity contribution is 5.44. The zero-order valence-corrected chi connectivity index (χ0v) is 10.9. The minimum atomic E-state index is -4.34. The van der Waals surface area contributed by atoms with E-state index in [0.29, 0.717) is 5.75 Å². The third-order valence-electron chi connectivity index (χ3n) is 2.38. The first kappa shape index (κ1) is 14.7. The minimum Gasteiger partial charge on any atom is -0.496 e. The molecule has 0 N–H and O–H groups in total. The van der Waals surface area contributed by atoms with Gasteiger partial charge in [-0.2, -0.15) is 13.2 Å². The maximum Gasteiger partial charge on any atom is 0.422 e. The van der Waals surface area contributed by atoms with E-state index in [0.717, 1.165) is 5.56 Å². The molecule has 0 aromatic heterocycles. The average Bonchev–Trinajstić information content (AvgIpc) is 2.23. The zero-order chi connectivity index (χ0) is 14.0. The van der Waals surface area contributed by atoms with Crippen LogP contribution in [0.3, 0.4) is 0 Å². The van der Waals surface area contributed by atoms with Crippen LogP contribution in [0.2, 0.25) is 0 Å². The molecule has 0 aliphatic heterocycles. The lowest BCUT2D eigenvalue weighted by Crippen LogP contribution is -2.19. The van der Waals surface area contributed by atoms with E-state index < -0.39 is 12.8 Å². The Morgan fingerprint density at radius 2 is 1.72 bits per heavy atom. The third kappa shape index (κ3) is 4.13. The molecule has 0 atom stereocenters. The Kier molecular flexibility index (Phi) is 4.14. The summed E-state index contributed by atoms with van der Waals surface area (Å²) in [7, 11) is 1.48. The third-order valence-corrected chi connectivity index (χ3v) is 2.38. The fourth-order valence-electron chi connectivity index (χ4n) is 1.55. The standard InChI is InChI=1S/C13H17F3O2/c1-12(2,3)10-6-5-9(7-11(10)17-4)18-8-13(14,15)16/h5-7H,8H2,1-4H3. The van der Waals surface area contributed by atoms with E-state index in [2.05, 4.69) is 4.74 Å². The van der Waals surface area contributed by atoms with E-state index in [9.17, 15) is 13.2 Å². The van der Waals surface area contributed by atoms with Gasteiger partial charge in [-0.25, -0.2) is 0 Å². The van der Waals surface area contributed by atoms with Crippen molar-refractivity contribution in [2.75, 3.05) is 13.7 Å². The van der Waals surface area contributed by atoms with Gasteiger partial charge in [0.2, 0.25) is 0 Å². The quantitative estimate of drug-likeness (QED) is 0.821. The molecule has 5 heteroatoms. The van der Waals surface area contributed by atoms with Gasteiger partial charge in [-0.15, -0.1) is 0 Å². The minimum absolute atomic E-state index is 0.145. The smallest absolute Gasteiger partial charge is 0.422 e. The Bertz CT molecular complexity index is 406. The topological polar surface area (TPSA) is 18.5 Å². The van der Waals surface area contributed by atoms with Gasteiger partial charge >= 0.3 is 6.18 Å². The molecular weight excluding hydrogens is 245 g/mol. The molecule has 0 aliphatic carbocycles. The Morgan fingerprint density at radius 1 is 1.11 bits per heavy atom. The van der Waals surface area contributed by atoms with Crippen LogP contribution in [0.1, 0.15) is 26.3 Å². The van der Waals surface area contributed by atoms with E-state index in [1.54, 1.807) is 6.07 Å². The molecule has 2 nitrogen and oxygen atoms in total. The molecule has 1 aromatic rings. The fourth-order valence-corrected chi connectivity index (χ4v) is 1.55. The van der Waals surface area contributed by atoms with E-state index in [1.165, 1.54) is 19.2 Å². The Labute approximate surface area is 105 Å². The molecule has 102 valence electrons. The van der Waals surface area contributed by atoms with Crippen molar-refractivity contribution >= 4 is 0 Å². The van der Waals surface area contributed by atoms with Crippen LogP contribution < -0.4 is 9.47 Å². The van der Waals surface area contributed by atoms with Crippen LogP contribution in [-0.2, 0) is 5.41 Å². The van der Waals surface area contributed by atoms with Gasteiger partial charge in [0.15, 0.2) is 6.61 Å². The second kappa shape index (κ2) is 5.08. The molecule has 0 heterocycles. The summed E-state index contributed by atoms with van der Waals surface area (Å²) in [5, 5.41) is 0. The number of rotatable bonds is 3. The zero-order valence-electron chi connectivity index (χ0n) is 10.9. The van der Waals surface area contributed by atoms with Crippen molar-refractivity contribution in [1.82, 2.24) is 0 Å². The van der Waals surface area contributed by atoms with Crippen molar-refractivity contribution in [2.45, 2.75) is 32.4 Å². The summed E-state index contributed by atoms with van der Waals surface area (Å²) < 4.78 is 46.0. The maximum atomic E-state index is 12.0. The number of hydrogen-bond acceptors (Lipinski definition) is 2. The highest BCUT2D eigenvalue weighted by Crippen LogP contribution is 2.34. The lowest BCUT2D eigenvalue weighted by molar-refractivity contribution is -0.153. The molecule has 1 aromatic carbocycles. The largest absolute Gasteiger partial charge is 0.496 e. The SMILES string of the molecule is COc1cc(OCC(F)(F)F)ccc1C(C)(C)C. The first-order valence-electron chi connectivity index (χ1n) is 5.51. The van der Waals surface area contributed by atoms with Crippen LogP contribution in [-0.4, -0.2) is 19.9 Å². The van der Waals surface area contributed by atoms with E-state index in [1.807, 2.05) is 20.8 Å². The summed E-state index contributed by atoms with van der Waals surface area (Å²) in [4.78, 5) is 0. The molecule has 0 radical (unpaired) electrons. The van der Waals surface area contributed by atoms with Crippen LogP contribution in [0, 0.1) is 0 Å². The second-order valence-electron chi connectivity index (χ2n) is 5.02. The van der Waals surface area contributed by atoms with Crippen LogP contribution in [0.5, 0.6) is 11.5 Å². The Morgan fingerprint density at radius 3 is 2.17 bits per heavy atom. The Hall–Kier alpha value is -1.39. The first-order chi connectivity index (χ1) is 8.13. The molecular formula is C13H17F3O2. The highest BCUT2D eigenvalue weighted by atomic mass is 19.4. The molecule has 1 rings (SSSR count). The summed E-state index contributed by atoms with van der Waals surface area (Å²) in [6.07, 6.45) is -4.34. The van der Waals surface area contributed by atoms with Gasteiger partial charge in [-0.1, -0.05) is 26.8 Å². The maximum absolute atomic E-state index is 12.0. The summed E-state index contributed by atoms with van der Waals surface area (Å²) >= 11 is 0. The van der Waals surface area contributed by atoms with Crippen molar-refractivity contribution in [3.05, 3.63) is 23.8 Å². The van der Waals surface area contributed by atoms with E-state index in [4.69, 9.17) is 4.74 Å². The van der Waals surface area contributed by atoms with Crippen molar-refractivity contribution in [3.8, 4) is 11.5 Å². The molecule has 0 bridgehead atoms. The number of halogens is 3. The van der Waals surface area contributed by atoms with Crippen molar-refractivity contribution in [3.63, 3.8) is 0 Å². The van der Waals surface area contributed by atoms with Gasteiger partial charge in [0.25, 0.3) is 0 Å². The van der Waals surface area contributed by atoms with Gasteiger partial charge in [-0.05, 0) is 17.0 Å². The monoisotopic (exact) mass is 262 g/mol. The summed E-state index contributed by atoms with van der Waals surface area (Å²) in [6, 6.07) is 4.73. The predicted molar refractivity (Wildman–Crippen MR) is 63.2 cm³/mol. The van der Waals surface area contributed by atoms with Crippen LogP contribution in [0.25, 0.3) is 0 Å². The normalized spacial score (nSPS) is 12.4. The first-order valence-corrected chi connectivity index (χ1v) is 5.51. The summed E-state index contributed by atoms with van der Waals surface area (Å²) in [5.74, 6) is 0.680. The van der Waals surface area contributed by atoms with Crippen molar-refractivity contribution in [1.29, 1.82) is 0 Å². The van der Waals surface area contributed by atoms with E-state index >= 15 is 0 Å². The molecule has 0 spiro atoms. The van der Waals surface area contributed by atoms with Gasteiger partial charge in [0, 0.05) is 6.07 Å².